The maximum absolute atomic E-state index is 12.8. The van der Waals surface area contributed by atoms with Gasteiger partial charge in [-0.3, -0.25) is 0 Å². The topological polar surface area (TPSA) is 85.9 Å². The second-order valence-corrected chi connectivity index (χ2v) is 7.70. The van der Waals surface area contributed by atoms with Crippen LogP contribution < -0.4 is 20.1 Å². The average Bonchev–Trinajstić information content (AvgIpc) is 2.66. The number of urea groups is 1. The molecule has 1 heterocycles. The van der Waals surface area contributed by atoms with E-state index < -0.39 is 12.0 Å². The van der Waals surface area contributed by atoms with Crippen LogP contribution in [0.1, 0.15) is 52.6 Å². The van der Waals surface area contributed by atoms with Gasteiger partial charge in [0, 0.05) is 5.70 Å². The maximum Gasteiger partial charge on any atom is 0.338 e. The average molecular weight is 469 g/mol. The number of carbonyl (C=O) groups is 2. The molecule has 0 fully saturated rings. The van der Waals surface area contributed by atoms with E-state index in [1.807, 2.05) is 33.8 Å². The molecular formula is C21H29BrN2O5. The van der Waals surface area contributed by atoms with Gasteiger partial charge in [-0.1, -0.05) is 20.8 Å². The third kappa shape index (κ3) is 5.44. The molecule has 1 atom stereocenters. The lowest BCUT2D eigenvalue weighted by atomic mass is 9.91. The van der Waals surface area contributed by atoms with Crippen molar-refractivity contribution < 1.29 is 23.8 Å². The van der Waals surface area contributed by atoms with Gasteiger partial charge in [0.2, 0.25) is 0 Å². The number of nitrogens with one attached hydrogen (secondary N) is 2. The lowest BCUT2D eigenvalue weighted by Gasteiger charge is -2.31. The van der Waals surface area contributed by atoms with E-state index >= 15 is 0 Å². The van der Waals surface area contributed by atoms with Crippen molar-refractivity contribution in [2.24, 2.45) is 5.92 Å². The van der Waals surface area contributed by atoms with E-state index in [4.69, 9.17) is 14.2 Å². The van der Waals surface area contributed by atoms with Gasteiger partial charge in [-0.05, 0) is 59.8 Å². The van der Waals surface area contributed by atoms with Crippen molar-refractivity contribution in [1.29, 1.82) is 0 Å². The highest BCUT2D eigenvalue weighted by Gasteiger charge is 2.35. The molecular weight excluding hydrogens is 440 g/mol. The number of esters is 1. The third-order valence-corrected chi connectivity index (χ3v) is 4.88. The summed E-state index contributed by atoms with van der Waals surface area (Å²) in [6.45, 7) is 10.7. The monoisotopic (exact) mass is 468 g/mol. The molecule has 160 valence electrons. The van der Waals surface area contributed by atoms with E-state index in [1.165, 1.54) is 0 Å². The standard InChI is InChI=1S/C21H29BrN2O5/c1-6-9-29-19-14(22)10-13(11-15(19)27-7-2)18-16(20(25)28-8-3)17(12(4)5)23-21(26)24-18/h10-12,18H,6-9H2,1-5H3,(H2,23,24,26). The van der Waals surface area contributed by atoms with Gasteiger partial charge in [-0.2, -0.15) is 0 Å². The number of benzene rings is 1. The van der Waals surface area contributed by atoms with Crippen LogP contribution in [0, 0.1) is 5.92 Å². The zero-order chi connectivity index (χ0) is 21.6. The molecule has 8 heteroatoms. The molecule has 1 aromatic rings. The number of hydrogen-bond donors (Lipinski definition) is 2. The van der Waals surface area contributed by atoms with Gasteiger partial charge < -0.3 is 24.8 Å². The van der Waals surface area contributed by atoms with Crippen molar-refractivity contribution in [3.8, 4) is 11.5 Å². The molecule has 0 saturated heterocycles. The van der Waals surface area contributed by atoms with Crippen molar-refractivity contribution in [2.75, 3.05) is 19.8 Å². The van der Waals surface area contributed by atoms with Crippen molar-refractivity contribution in [2.45, 2.75) is 47.1 Å². The first-order valence-corrected chi connectivity index (χ1v) is 10.7. The van der Waals surface area contributed by atoms with E-state index in [-0.39, 0.29) is 18.6 Å². The summed E-state index contributed by atoms with van der Waals surface area (Å²) >= 11 is 3.55. The Bertz CT molecular complexity index is 792. The molecule has 1 aliphatic heterocycles. The molecule has 0 aromatic heterocycles. The van der Waals surface area contributed by atoms with Crippen LogP contribution in [0.3, 0.4) is 0 Å². The highest BCUT2D eigenvalue weighted by Crippen LogP contribution is 2.41. The van der Waals surface area contributed by atoms with Gasteiger partial charge >= 0.3 is 12.0 Å². The number of amides is 2. The molecule has 0 spiro atoms. The zero-order valence-electron chi connectivity index (χ0n) is 17.6. The van der Waals surface area contributed by atoms with Crippen LogP contribution in [0.15, 0.2) is 27.9 Å². The Hall–Kier alpha value is -2.22. The summed E-state index contributed by atoms with van der Waals surface area (Å²) in [6, 6.07) is 2.59. The summed E-state index contributed by atoms with van der Waals surface area (Å²) < 4.78 is 17.6. The lowest BCUT2D eigenvalue weighted by molar-refractivity contribution is -0.139. The molecule has 29 heavy (non-hydrogen) atoms. The van der Waals surface area contributed by atoms with Crippen LogP contribution >= 0.6 is 15.9 Å². The Morgan fingerprint density at radius 1 is 1.17 bits per heavy atom. The molecule has 7 nitrogen and oxygen atoms in total. The summed E-state index contributed by atoms with van der Waals surface area (Å²) in [5.74, 6) is 0.620. The number of ether oxygens (including phenoxy) is 3. The first kappa shape index (κ1) is 23.1. The molecule has 0 bridgehead atoms. The molecule has 2 amide bonds. The number of rotatable bonds is 9. The van der Waals surface area contributed by atoms with Gasteiger partial charge in [0.05, 0.1) is 35.9 Å². The third-order valence-electron chi connectivity index (χ3n) is 4.29. The van der Waals surface area contributed by atoms with Crippen molar-refractivity contribution >= 4 is 27.9 Å². The van der Waals surface area contributed by atoms with Gasteiger partial charge in [-0.25, -0.2) is 9.59 Å². The molecule has 0 radical (unpaired) electrons. The van der Waals surface area contributed by atoms with Crippen molar-refractivity contribution in [3.05, 3.63) is 33.4 Å². The van der Waals surface area contributed by atoms with Crippen LogP contribution in [-0.2, 0) is 9.53 Å². The van der Waals surface area contributed by atoms with Crippen LogP contribution in [0.25, 0.3) is 0 Å². The highest BCUT2D eigenvalue weighted by atomic mass is 79.9. The Kier molecular flexibility index (Phi) is 8.37. The fourth-order valence-corrected chi connectivity index (χ4v) is 3.66. The number of allylic oxidation sites excluding steroid dienone is 1. The van der Waals surface area contributed by atoms with E-state index in [2.05, 4.69) is 26.6 Å². The first-order chi connectivity index (χ1) is 13.8. The second-order valence-electron chi connectivity index (χ2n) is 6.85. The first-order valence-electron chi connectivity index (χ1n) is 9.91. The number of carbonyl (C=O) groups excluding carboxylic acids is 2. The second kappa shape index (κ2) is 10.5. The minimum Gasteiger partial charge on any atom is -0.490 e. The Labute approximate surface area is 180 Å². The van der Waals surface area contributed by atoms with E-state index in [0.29, 0.717) is 46.0 Å². The van der Waals surface area contributed by atoms with Crippen molar-refractivity contribution in [3.63, 3.8) is 0 Å². The normalized spacial score (nSPS) is 16.4. The van der Waals surface area contributed by atoms with E-state index in [1.54, 1.807) is 13.0 Å². The Morgan fingerprint density at radius 2 is 1.90 bits per heavy atom. The SMILES string of the molecule is CCCOc1c(Br)cc(C2NC(=O)NC(C(C)C)=C2C(=O)OCC)cc1OCC. The van der Waals surface area contributed by atoms with Gasteiger partial charge in [0.25, 0.3) is 0 Å². The Morgan fingerprint density at radius 3 is 2.48 bits per heavy atom. The highest BCUT2D eigenvalue weighted by molar-refractivity contribution is 9.10. The maximum atomic E-state index is 12.8. The zero-order valence-corrected chi connectivity index (χ0v) is 19.1. The van der Waals surface area contributed by atoms with Crippen LogP contribution in [-0.4, -0.2) is 31.8 Å². The molecule has 2 rings (SSSR count). The molecule has 1 aliphatic rings. The predicted molar refractivity (Wildman–Crippen MR) is 114 cm³/mol. The number of hydrogen-bond acceptors (Lipinski definition) is 5. The smallest absolute Gasteiger partial charge is 0.338 e. The fraction of sp³-hybridized carbons (Fsp3) is 0.524. The van der Waals surface area contributed by atoms with E-state index in [0.717, 1.165) is 6.42 Å². The summed E-state index contributed by atoms with van der Waals surface area (Å²) in [5.41, 5.74) is 1.64. The lowest BCUT2D eigenvalue weighted by Crippen LogP contribution is -2.47. The molecule has 2 N–H and O–H groups in total. The molecule has 0 aliphatic carbocycles. The fourth-order valence-electron chi connectivity index (χ4n) is 3.09. The largest absolute Gasteiger partial charge is 0.490 e. The molecule has 1 unspecified atom stereocenters. The molecule has 0 saturated carbocycles. The number of halogens is 1. The summed E-state index contributed by atoms with van der Waals surface area (Å²) in [7, 11) is 0. The van der Waals surface area contributed by atoms with Crippen LogP contribution in [0.5, 0.6) is 11.5 Å². The van der Waals surface area contributed by atoms with E-state index in [9.17, 15) is 9.59 Å². The molecule has 1 aromatic carbocycles. The van der Waals surface area contributed by atoms with Gasteiger partial charge in [0.1, 0.15) is 0 Å². The quantitative estimate of drug-likeness (QED) is 0.522. The van der Waals surface area contributed by atoms with Gasteiger partial charge in [-0.15, -0.1) is 0 Å². The minimum absolute atomic E-state index is 0.0649. The summed E-state index contributed by atoms with van der Waals surface area (Å²) in [5, 5.41) is 5.60. The summed E-state index contributed by atoms with van der Waals surface area (Å²) in [4.78, 5) is 25.1. The van der Waals surface area contributed by atoms with Crippen LogP contribution in [0.2, 0.25) is 0 Å². The summed E-state index contributed by atoms with van der Waals surface area (Å²) in [6.07, 6.45) is 0.859. The van der Waals surface area contributed by atoms with Crippen molar-refractivity contribution in [1.82, 2.24) is 10.6 Å². The minimum atomic E-state index is -0.670. The Balaban J connectivity index is 2.60. The van der Waals surface area contributed by atoms with Gasteiger partial charge in [0.15, 0.2) is 11.5 Å². The predicted octanol–water partition coefficient (Wildman–Crippen LogP) is 4.46. The van der Waals surface area contributed by atoms with Crippen LogP contribution in [0.4, 0.5) is 4.79 Å².